The Morgan fingerprint density at radius 2 is 2.00 bits per heavy atom. The summed E-state index contributed by atoms with van der Waals surface area (Å²) in [6.07, 6.45) is 7.18. The van der Waals surface area contributed by atoms with E-state index in [1.807, 2.05) is 6.08 Å². The van der Waals surface area contributed by atoms with E-state index in [9.17, 15) is 0 Å². The molecule has 0 saturated carbocycles. The van der Waals surface area contributed by atoms with Crippen molar-refractivity contribution in [2.75, 3.05) is 0 Å². The van der Waals surface area contributed by atoms with Gasteiger partial charge in [-0.3, -0.25) is 0 Å². The monoisotopic (exact) mass is 152 g/mol. The van der Waals surface area contributed by atoms with Gasteiger partial charge in [0.15, 0.2) is 0 Å². The van der Waals surface area contributed by atoms with E-state index in [-0.39, 0.29) is 0 Å². The van der Waals surface area contributed by atoms with E-state index in [0.717, 1.165) is 11.7 Å². The van der Waals surface area contributed by atoms with Crippen molar-refractivity contribution in [2.45, 2.75) is 45.3 Å². The van der Waals surface area contributed by atoms with E-state index in [2.05, 4.69) is 28.3 Å². The largest absolute Gasteiger partial charge is 0.105 e. The van der Waals surface area contributed by atoms with Crippen LogP contribution in [0.5, 0.6) is 0 Å². The molecule has 0 N–H and O–H groups in total. The summed E-state index contributed by atoms with van der Waals surface area (Å²) in [7, 11) is 2.36. The Balaban J connectivity index is 3.64. The Labute approximate surface area is 72.5 Å². The first-order chi connectivity index (χ1) is 5.26. The third-order valence-electron chi connectivity index (χ3n) is 2.71. The van der Waals surface area contributed by atoms with E-state index in [1.54, 1.807) is 0 Å². The van der Waals surface area contributed by atoms with Crippen molar-refractivity contribution < 1.29 is 0 Å². The average molecular weight is 152 g/mol. The summed E-state index contributed by atoms with van der Waals surface area (Å²) in [4.78, 5) is 0. The minimum Gasteiger partial charge on any atom is -0.103 e. The van der Waals surface area contributed by atoms with Crippen LogP contribution in [0.15, 0.2) is 12.7 Å². The molecule has 0 radical (unpaired) electrons. The van der Waals surface area contributed by atoms with Gasteiger partial charge in [-0.25, -0.2) is 0 Å². The Hall–Kier alpha value is -0.195. The van der Waals surface area contributed by atoms with Crippen LogP contribution in [0.1, 0.15) is 39.5 Å². The zero-order valence-electron chi connectivity index (χ0n) is 8.27. The molecule has 0 bridgehead atoms. The SMILES string of the molecule is BC(CC)[C@@H](CC)CCC=C. The molecule has 1 heteroatoms. The molecule has 0 heterocycles. The molecule has 0 fully saturated rings. The summed E-state index contributed by atoms with van der Waals surface area (Å²) < 4.78 is 0. The van der Waals surface area contributed by atoms with Crippen molar-refractivity contribution in [1.82, 2.24) is 0 Å². The highest BCUT2D eigenvalue weighted by atomic mass is 14.1. The number of hydrogen-bond donors (Lipinski definition) is 0. The zero-order chi connectivity index (χ0) is 8.69. The standard InChI is InChI=1S/C10H21B/c1-4-7-8-9(5-2)10(11)6-3/h4,9-10H,1,5-8,11H2,2-3H3/t9-,10?/m0/s1. The maximum atomic E-state index is 3.75. The second kappa shape index (κ2) is 6.51. The molecular weight excluding hydrogens is 131 g/mol. The van der Waals surface area contributed by atoms with E-state index in [0.29, 0.717) is 0 Å². The van der Waals surface area contributed by atoms with E-state index >= 15 is 0 Å². The molecule has 0 spiro atoms. The number of allylic oxidation sites excluding steroid dienone is 1. The Bertz CT molecular complexity index is 99.0. The second-order valence-electron chi connectivity index (χ2n) is 3.42. The lowest BCUT2D eigenvalue weighted by Gasteiger charge is -2.20. The van der Waals surface area contributed by atoms with Crippen molar-refractivity contribution in [3.8, 4) is 0 Å². The maximum absolute atomic E-state index is 3.75. The maximum Gasteiger partial charge on any atom is 0.105 e. The third-order valence-corrected chi connectivity index (χ3v) is 2.71. The second-order valence-corrected chi connectivity index (χ2v) is 3.42. The smallest absolute Gasteiger partial charge is 0.103 e. The van der Waals surface area contributed by atoms with E-state index < -0.39 is 0 Å². The lowest BCUT2D eigenvalue weighted by molar-refractivity contribution is 0.436. The minimum absolute atomic E-state index is 0.889. The van der Waals surface area contributed by atoms with Crippen molar-refractivity contribution in [2.24, 2.45) is 5.92 Å². The van der Waals surface area contributed by atoms with Gasteiger partial charge >= 0.3 is 0 Å². The lowest BCUT2D eigenvalue weighted by Crippen LogP contribution is -2.07. The molecule has 2 atom stereocenters. The van der Waals surface area contributed by atoms with Crippen LogP contribution < -0.4 is 0 Å². The predicted molar refractivity (Wildman–Crippen MR) is 55.8 cm³/mol. The molecule has 0 aromatic rings. The third kappa shape index (κ3) is 4.29. The zero-order valence-corrected chi connectivity index (χ0v) is 8.27. The molecule has 0 aromatic heterocycles. The highest BCUT2D eigenvalue weighted by Crippen LogP contribution is 2.26. The molecule has 0 aliphatic carbocycles. The van der Waals surface area contributed by atoms with Crippen molar-refractivity contribution in [3.63, 3.8) is 0 Å². The van der Waals surface area contributed by atoms with Gasteiger partial charge in [-0.1, -0.05) is 38.6 Å². The topological polar surface area (TPSA) is 0 Å². The molecule has 1 unspecified atom stereocenters. The van der Waals surface area contributed by atoms with Crippen LogP contribution in [0.4, 0.5) is 0 Å². The quantitative estimate of drug-likeness (QED) is 0.405. The van der Waals surface area contributed by atoms with Gasteiger partial charge in [0.2, 0.25) is 0 Å². The highest BCUT2D eigenvalue weighted by molar-refractivity contribution is 6.11. The highest BCUT2D eigenvalue weighted by Gasteiger charge is 2.11. The van der Waals surface area contributed by atoms with E-state index in [1.165, 1.54) is 25.7 Å². The van der Waals surface area contributed by atoms with Crippen molar-refractivity contribution >= 4 is 7.85 Å². The Morgan fingerprint density at radius 1 is 1.36 bits per heavy atom. The fourth-order valence-electron chi connectivity index (χ4n) is 1.56. The predicted octanol–water partition coefficient (Wildman–Crippen LogP) is 2.81. The summed E-state index contributed by atoms with van der Waals surface area (Å²) in [6.45, 7) is 8.32. The molecule has 0 amide bonds. The van der Waals surface area contributed by atoms with Crippen LogP contribution in [0, 0.1) is 5.92 Å². The fraction of sp³-hybridized carbons (Fsp3) is 0.800. The van der Waals surface area contributed by atoms with Gasteiger partial charge in [-0.05, 0) is 18.8 Å². The number of rotatable bonds is 6. The minimum atomic E-state index is 0.889. The summed E-state index contributed by atoms with van der Waals surface area (Å²) in [5, 5.41) is 0. The van der Waals surface area contributed by atoms with Gasteiger partial charge in [-0.15, -0.1) is 6.58 Å². The molecule has 64 valence electrons. The molecule has 0 aliphatic rings. The Kier molecular flexibility index (Phi) is 6.40. The molecule has 0 aliphatic heterocycles. The molecule has 0 rings (SSSR count). The van der Waals surface area contributed by atoms with Gasteiger partial charge in [-0.2, -0.15) is 0 Å². The van der Waals surface area contributed by atoms with Gasteiger partial charge in [0.05, 0.1) is 0 Å². The Morgan fingerprint density at radius 3 is 2.36 bits per heavy atom. The number of hydrogen-bond acceptors (Lipinski definition) is 0. The molecule has 0 nitrogen and oxygen atoms in total. The summed E-state index contributed by atoms with van der Waals surface area (Å²) >= 11 is 0. The fourth-order valence-corrected chi connectivity index (χ4v) is 1.56. The molecule has 0 aromatic carbocycles. The van der Waals surface area contributed by atoms with Crippen LogP contribution >= 0.6 is 0 Å². The first-order valence-electron chi connectivity index (χ1n) is 4.87. The summed E-state index contributed by atoms with van der Waals surface area (Å²) in [5.74, 6) is 1.80. The van der Waals surface area contributed by atoms with Gasteiger partial charge in [0.25, 0.3) is 0 Å². The summed E-state index contributed by atoms with van der Waals surface area (Å²) in [6, 6.07) is 0. The van der Waals surface area contributed by atoms with Crippen LogP contribution in [0.2, 0.25) is 5.82 Å². The van der Waals surface area contributed by atoms with Gasteiger partial charge < -0.3 is 0 Å². The van der Waals surface area contributed by atoms with Crippen molar-refractivity contribution in [3.05, 3.63) is 12.7 Å². The van der Waals surface area contributed by atoms with Crippen LogP contribution in [-0.4, -0.2) is 7.85 Å². The van der Waals surface area contributed by atoms with Crippen LogP contribution in [0.3, 0.4) is 0 Å². The first-order valence-corrected chi connectivity index (χ1v) is 4.87. The van der Waals surface area contributed by atoms with Crippen LogP contribution in [-0.2, 0) is 0 Å². The van der Waals surface area contributed by atoms with Gasteiger partial charge in [0.1, 0.15) is 7.85 Å². The normalized spacial score (nSPS) is 15.8. The van der Waals surface area contributed by atoms with Crippen molar-refractivity contribution in [1.29, 1.82) is 0 Å². The van der Waals surface area contributed by atoms with Gasteiger partial charge in [0, 0.05) is 0 Å². The van der Waals surface area contributed by atoms with E-state index in [4.69, 9.17) is 0 Å². The molecular formula is C10H21B. The molecule has 0 saturated heterocycles. The summed E-state index contributed by atoms with van der Waals surface area (Å²) in [5.41, 5.74) is 0. The molecule has 11 heavy (non-hydrogen) atoms. The first kappa shape index (κ1) is 10.8. The lowest BCUT2D eigenvalue weighted by atomic mass is 9.72. The average Bonchev–Trinajstić information content (AvgIpc) is 2.05. The van der Waals surface area contributed by atoms with Crippen LogP contribution in [0.25, 0.3) is 0 Å².